The third-order valence-corrected chi connectivity index (χ3v) is 3.77. The Hall–Kier alpha value is -0.0800. The normalized spacial score (nSPS) is 32.1. The molecule has 2 heteroatoms. The Labute approximate surface area is 81.9 Å². The van der Waals surface area contributed by atoms with Gasteiger partial charge in [0.15, 0.2) is 0 Å². The molecule has 0 aromatic rings. The fourth-order valence-corrected chi connectivity index (χ4v) is 2.79. The second-order valence-electron chi connectivity index (χ2n) is 4.84. The van der Waals surface area contributed by atoms with E-state index in [2.05, 4.69) is 23.9 Å². The van der Waals surface area contributed by atoms with Gasteiger partial charge in [-0.3, -0.25) is 4.90 Å². The lowest BCUT2D eigenvalue weighted by Gasteiger charge is -2.25. The molecule has 0 spiro atoms. The molecule has 2 rings (SSSR count). The second-order valence-corrected chi connectivity index (χ2v) is 4.84. The van der Waals surface area contributed by atoms with Crippen molar-refractivity contribution in [1.29, 1.82) is 0 Å². The van der Waals surface area contributed by atoms with Gasteiger partial charge < -0.3 is 4.90 Å². The van der Waals surface area contributed by atoms with E-state index in [0.29, 0.717) is 0 Å². The summed E-state index contributed by atoms with van der Waals surface area (Å²) in [6.07, 6.45) is 7.23. The molecule has 2 aliphatic rings. The molecule has 1 saturated heterocycles. The average molecular weight is 182 g/mol. The van der Waals surface area contributed by atoms with Crippen LogP contribution in [-0.4, -0.2) is 49.1 Å². The fraction of sp³-hybridized carbons (Fsp3) is 1.00. The van der Waals surface area contributed by atoms with Crippen LogP contribution >= 0.6 is 0 Å². The topological polar surface area (TPSA) is 6.48 Å². The Morgan fingerprint density at radius 2 is 1.77 bits per heavy atom. The van der Waals surface area contributed by atoms with Gasteiger partial charge in [0.1, 0.15) is 0 Å². The zero-order valence-electron chi connectivity index (χ0n) is 9.00. The standard InChI is InChI=1S/C11H22N2/c1-12(2)11-7-8-13(9-11)10-5-3-4-6-10/h10-11H,3-9H2,1-2H3/t11-/m1/s1. The Kier molecular flexibility index (Phi) is 2.89. The minimum absolute atomic E-state index is 0.820. The molecule has 0 N–H and O–H groups in total. The van der Waals surface area contributed by atoms with E-state index in [1.165, 1.54) is 45.2 Å². The lowest BCUT2D eigenvalue weighted by atomic mass is 10.2. The fourth-order valence-electron chi connectivity index (χ4n) is 2.79. The lowest BCUT2D eigenvalue weighted by Crippen LogP contribution is -2.35. The molecule has 2 nitrogen and oxygen atoms in total. The molecular formula is C11H22N2. The minimum atomic E-state index is 0.820. The van der Waals surface area contributed by atoms with E-state index < -0.39 is 0 Å². The van der Waals surface area contributed by atoms with Gasteiger partial charge in [-0.15, -0.1) is 0 Å². The van der Waals surface area contributed by atoms with Gasteiger partial charge in [0.05, 0.1) is 0 Å². The molecule has 1 heterocycles. The van der Waals surface area contributed by atoms with Crippen LogP contribution in [-0.2, 0) is 0 Å². The van der Waals surface area contributed by atoms with Crippen molar-refractivity contribution in [1.82, 2.24) is 9.80 Å². The van der Waals surface area contributed by atoms with Crippen LogP contribution in [0.5, 0.6) is 0 Å². The van der Waals surface area contributed by atoms with E-state index in [1.54, 1.807) is 0 Å². The summed E-state index contributed by atoms with van der Waals surface area (Å²) >= 11 is 0. The molecule has 0 amide bonds. The summed E-state index contributed by atoms with van der Waals surface area (Å²) in [5, 5.41) is 0. The van der Waals surface area contributed by atoms with Crippen molar-refractivity contribution in [3.05, 3.63) is 0 Å². The van der Waals surface area contributed by atoms with Crippen LogP contribution in [0.25, 0.3) is 0 Å². The van der Waals surface area contributed by atoms with Crippen molar-refractivity contribution in [2.45, 2.75) is 44.2 Å². The van der Waals surface area contributed by atoms with Gasteiger partial charge in [0, 0.05) is 25.2 Å². The first-order chi connectivity index (χ1) is 6.27. The number of nitrogens with zero attached hydrogens (tertiary/aromatic N) is 2. The van der Waals surface area contributed by atoms with Gasteiger partial charge in [-0.1, -0.05) is 12.8 Å². The molecule has 0 radical (unpaired) electrons. The maximum Gasteiger partial charge on any atom is 0.0229 e. The van der Waals surface area contributed by atoms with Crippen LogP contribution in [0.2, 0.25) is 0 Å². The zero-order valence-corrected chi connectivity index (χ0v) is 9.00. The predicted molar refractivity (Wildman–Crippen MR) is 55.9 cm³/mol. The van der Waals surface area contributed by atoms with E-state index in [1.807, 2.05) is 0 Å². The summed E-state index contributed by atoms with van der Waals surface area (Å²) in [7, 11) is 4.42. The van der Waals surface area contributed by atoms with Crippen molar-refractivity contribution in [2.75, 3.05) is 27.2 Å². The SMILES string of the molecule is CN(C)[C@@H]1CCN(C2CCCC2)C1. The van der Waals surface area contributed by atoms with E-state index in [-0.39, 0.29) is 0 Å². The van der Waals surface area contributed by atoms with Crippen molar-refractivity contribution in [2.24, 2.45) is 0 Å². The number of hydrogen-bond donors (Lipinski definition) is 0. The Morgan fingerprint density at radius 3 is 2.31 bits per heavy atom. The first-order valence-corrected chi connectivity index (χ1v) is 5.68. The van der Waals surface area contributed by atoms with Gasteiger partial charge in [-0.05, 0) is 33.4 Å². The molecule has 76 valence electrons. The highest BCUT2D eigenvalue weighted by Gasteiger charge is 2.30. The van der Waals surface area contributed by atoms with Gasteiger partial charge in [0.2, 0.25) is 0 Å². The summed E-state index contributed by atoms with van der Waals surface area (Å²) in [6, 6.07) is 1.76. The quantitative estimate of drug-likeness (QED) is 0.639. The van der Waals surface area contributed by atoms with Crippen molar-refractivity contribution < 1.29 is 0 Å². The Morgan fingerprint density at radius 1 is 1.08 bits per heavy atom. The monoisotopic (exact) mass is 182 g/mol. The van der Waals surface area contributed by atoms with Crippen LogP contribution in [0.3, 0.4) is 0 Å². The van der Waals surface area contributed by atoms with E-state index >= 15 is 0 Å². The summed E-state index contributed by atoms with van der Waals surface area (Å²) in [4.78, 5) is 5.10. The molecule has 0 aromatic heterocycles. The molecule has 1 atom stereocenters. The number of hydrogen-bond acceptors (Lipinski definition) is 2. The molecule has 1 aliphatic carbocycles. The van der Waals surface area contributed by atoms with Gasteiger partial charge in [-0.2, -0.15) is 0 Å². The van der Waals surface area contributed by atoms with Gasteiger partial charge in [0.25, 0.3) is 0 Å². The molecule has 13 heavy (non-hydrogen) atoms. The zero-order chi connectivity index (χ0) is 9.26. The largest absolute Gasteiger partial charge is 0.305 e. The first kappa shape index (κ1) is 9.47. The van der Waals surface area contributed by atoms with Crippen LogP contribution in [0.15, 0.2) is 0 Å². The van der Waals surface area contributed by atoms with E-state index in [4.69, 9.17) is 0 Å². The number of likely N-dealkylation sites (N-methyl/N-ethyl adjacent to an activating group) is 1. The van der Waals surface area contributed by atoms with E-state index in [9.17, 15) is 0 Å². The smallest absolute Gasteiger partial charge is 0.0229 e. The summed E-state index contributed by atoms with van der Waals surface area (Å²) in [5.74, 6) is 0. The highest BCUT2D eigenvalue weighted by atomic mass is 15.2. The van der Waals surface area contributed by atoms with Crippen LogP contribution in [0.4, 0.5) is 0 Å². The molecule has 0 unspecified atom stereocenters. The minimum Gasteiger partial charge on any atom is -0.305 e. The van der Waals surface area contributed by atoms with Crippen molar-refractivity contribution >= 4 is 0 Å². The van der Waals surface area contributed by atoms with Crippen LogP contribution < -0.4 is 0 Å². The lowest BCUT2D eigenvalue weighted by molar-refractivity contribution is 0.217. The van der Waals surface area contributed by atoms with Gasteiger partial charge >= 0.3 is 0 Å². The Balaban J connectivity index is 1.83. The molecule has 0 bridgehead atoms. The van der Waals surface area contributed by atoms with Crippen LogP contribution in [0, 0.1) is 0 Å². The molecule has 2 fully saturated rings. The maximum absolute atomic E-state index is 2.72. The Bertz CT molecular complexity index is 161. The molecule has 1 aliphatic heterocycles. The average Bonchev–Trinajstić information content (AvgIpc) is 2.75. The highest BCUT2D eigenvalue weighted by molar-refractivity contribution is 4.87. The summed E-state index contributed by atoms with van der Waals surface area (Å²) in [6.45, 7) is 2.66. The maximum atomic E-state index is 2.72. The summed E-state index contributed by atoms with van der Waals surface area (Å²) in [5.41, 5.74) is 0. The highest BCUT2D eigenvalue weighted by Crippen LogP contribution is 2.27. The number of likely N-dealkylation sites (tertiary alicyclic amines) is 1. The second kappa shape index (κ2) is 3.97. The van der Waals surface area contributed by atoms with E-state index in [0.717, 1.165) is 12.1 Å². The molecular weight excluding hydrogens is 160 g/mol. The third kappa shape index (κ3) is 2.05. The summed E-state index contributed by atoms with van der Waals surface area (Å²) < 4.78 is 0. The number of rotatable bonds is 2. The molecule has 0 aromatic carbocycles. The van der Waals surface area contributed by atoms with Crippen molar-refractivity contribution in [3.8, 4) is 0 Å². The first-order valence-electron chi connectivity index (χ1n) is 5.68. The van der Waals surface area contributed by atoms with Crippen LogP contribution in [0.1, 0.15) is 32.1 Å². The van der Waals surface area contributed by atoms with Crippen molar-refractivity contribution in [3.63, 3.8) is 0 Å². The molecule has 1 saturated carbocycles. The predicted octanol–water partition coefficient (Wildman–Crippen LogP) is 1.56. The van der Waals surface area contributed by atoms with Gasteiger partial charge in [-0.25, -0.2) is 0 Å². The third-order valence-electron chi connectivity index (χ3n) is 3.77.